The minimum absolute atomic E-state index is 0.127. The number of alkyl halides is 2. The van der Waals surface area contributed by atoms with Gasteiger partial charge < -0.3 is 4.74 Å². The molecule has 1 saturated carbocycles. The fourth-order valence-electron chi connectivity index (χ4n) is 1.92. The second kappa shape index (κ2) is 5.90. The summed E-state index contributed by atoms with van der Waals surface area (Å²) in [4.78, 5) is 0. The summed E-state index contributed by atoms with van der Waals surface area (Å²) in [6, 6.07) is 0. The molecule has 3 atom stereocenters. The van der Waals surface area contributed by atoms with E-state index in [9.17, 15) is 0 Å². The Morgan fingerprint density at radius 3 is 2.57 bits per heavy atom. The van der Waals surface area contributed by atoms with Crippen molar-refractivity contribution in [1.82, 2.24) is 0 Å². The lowest BCUT2D eigenvalue weighted by molar-refractivity contribution is -0.0887. The molecule has 0 aromatic heterocycles. The van der Waals surface area contributed by atoms with Crippen molar-refractivity contribution < 1.29 is 4.74 Å². The highest BCUT2D eigenvalue weighted by molar-refractivity contribution is 14.1. The van der Waals surface area contributed by atoms with Gasteiger partial charge in [0.1, 0.15) is 0 Å². The summed E-state index contributed by atoms with van der Waals surface area (Å²) < 4.78 is 7.12. The Hall–Kier alpha value is 0.980. The number of halogens is 2. The van der Waals surface area contributed by atoms with Crippen LogP contribution < -0.4 is 0 Å². The molecule has 0 heterocycles. The van der Waals surface area contributed by atoms with Crippen LogP contribution in [0.4, 0.5) is 0 Å². The molecule has 3 heteroatoms. The van der Waals surface area contributed by atoms with E-state index in [-0.39, 0.29) is 5.60 Å². The topological polar surface area (TPSA) is 9.23 Å². The lowest BCUT2D eigenvalue weighted by atomic mass is 9.87. The zero-order valence-corrected chi connectivity index (χ0v) is 12.0. The summed E-state index contributed by atoms with van der Waals surface area (Å²) in [6.45, 7) is 4.42. The van der Waals surface area contributed by atoms with Gasteiger partial charge in [-0.15, -0.1) is 11.6 Å². The van der Waals surface area contributed by atoms with E-state index in [1.807, 2.05) is 0 Å². The van der Waals surface area contributed by atoms with E-state index in [1.165, 1.54) is 25.7 Å². The van der Waals surface area contributed by atoms with Gasteiger partial charge in [0, 0.05) is 4.43 Å². The maximum Gasteiger partial charge on any atom is 0.0881 e. The normalized spacial score (nSPS) is 32.6. The van der Waals surface area contributed by atoms with Crippen molar-refractivity contribution in [3.63, 3.8) is 0 Å². The molecule has 14 heavy (non-hydrogen) atoms. The van der Waals surface area contributed by atoms with E-state index < -0.39 is 0 Å². The van der Waals surface area contributed by atoms with Crippen LogP contribution in [0.1, 0.15) is 39.5 Å². The molecule has 1 nitrogen and oxygen atoms in total. The number of hydrogen-bond acceptors (Lipinski definition) is 1. The molecule has 84 valence electrons. The van der Waals surface area contributed by atoms with Gasteiger partial charge in [-0.05, 0) is 25.7 Å². The van der Waals surface area contributed by atoms with Crippen LogP contribution in [0, 0.1) is 5.92 Å². The summed E-state index contributed by atoms with van der Waals surface area (Å²) in [7, 11) is 0. The van der Waals surface area contributed by atoms with Crippen molar-refractivity contribution in [2.75, 3.05) is 10.3 Å². The van der Waals surface area contributed by atoms with Crippen molar-refractivity contribution in [2.45, 2.75) is 51.2 Å². The first kappa shape index (κ1) is 13.0. The van der Waals surface area contributed by atoms with Gasteiger partial charge in [0.2, 0.25) is 0 Å². The highest BCUT2D eigenvalue weighted by Gasteiger charge is 2.31. The molecular weight excluding hydrogens is 310 g/mol. The van der Waals surface area contributed by atoms with Gasteiger partial charge in [0.15, 0.2) is 0 Å². The number of hydrogen-bond donors (Lipinski definition) is 0. The maximum atomic E-state index is 6.15. The van der Waals surface area contributed by atoms with E-state index in [1.54, 1.807) is 0 Å². The number of rotatable bonds is 4. The molecule has 0 N–H and O–H groups in total. The molecule has 1 aliphatic carbocycles. The predicted molar refractivity (Wildman–Crippen MR) is 70.5 cm³/mol. The summed E-state index contributed by atoms with van der Waals surface area (Å²) in [5.74, 6) is 1.30. The van der Waals surface area contributed by atoms with Gasteiger partial charge in [-0.1, -0.05) is 42.4 Å². The van der Waals surface area contributed by atoms with Crippen LogP contribution in [0.3, 0.4) is 0 Å². The molecule has 0 aromatic carbocycles. The Labute approximate surface area is 106 Å². The first-order valence-corrected chi connectivity index (χ1v) is 7.47. The van der Waals surface area contributed by atoms with Crippen molar-refractivity contribution in [3.8, 4) is 0 Å². The van der Waals surface area contributed by atoms with E-state index in [0.29, 0.717) is 17.9 Å². The molecule has 0 bridgehead atoms. The summed E-state index contributed by atoms with van der Waals surface area (Å²) >= 11 is 8.31. The standard InChI is InChI=1S/C11H20ClIO/c1-9-5-3-4-6-10(9)14-11(2,7-12)8-13/h9-10H,3-8H2,1-2H3. The quantitative estimate of drug-likeness (QED) is 0.559. The summed E-state index contributed by atoms with van der Waals surface area (Å²) in [5.41, 5.74) is -0.127. The molecule has 0 radical (unpaired) electrons. The average Bonchev–Trinajstić information content (AvgIpc) is 2.21. The third-order valence-electron chi connectivity index (χ3n) is 3.03. The molecule has 1 aliphatic rings. The zero-order valence-electron chi connectivity index (χ0n) is 9.06. The van der Waals surface area contributed by atoms with Crippen LogP contribution in [0.2, 0.25) is 0 Å². The predicted octanol–water partition coefficient (Wildman–Crippen LogP) is 4.01. The lowest BCUT2D eigenvalue weighted by Gasteiger charge is -2.36. The minimum Gasteiger partial charge on any atom is -0.370 e. The molecule has 0 aromatic rings. The SMILES string of the molecule is CC1CCCCC1OC(C)(CCl)CI. The molecule has 1 rings (SSSR count). The van der Waals surface area contributed by atoms with Crippen molar-refractivity contribution in [1.29, 1.82) is 0 Å². The number of ether oxygens (including phenoxy) is 1. The van der Waals surface area contributed by atoms with Crippen LogP contribution in [-0.2, 0) is 4.74 Å². The first-order chi connectivity index (χ1) is 6.61. The molecule has 0 saturated heterocycles. The Morgan fingerprint density at radius 1 is 1.43 bits per heavy atom. The molecule has 1 fully saturated rings. The van der Waals surface area contributed by atoms with Gasteiger partial charge in [-0.3, -0.25) is 0 Å². The Morgan fingerprint density at radius 2 is 2.07 bits per heavy atom. The largest absolute Gasteiger partial charge is 0.370 e. The van der Waals surface area contributed by atoms with Crippen molar-refractivity contribution in [2.24, 2.45) is 5.92 Å². The van der Waals surface area contributed by atoms with Crippen LogP contribution in [-0.4, -0.2) is 22.0 Å². The fourth-order valence-corrected chi connectivity index (χ4v) is 2.85. The Kier molecular flexibility index (Phi) is 5.50. The minimum atomic E-state index is -0.127. The molecular formula is C11H20ClIO. The van der Waals surface area contributed by atoms with Gasteiger partial charge in [-0.25, -0.2) is 0 Å². The second-order valence-electron chi connectivity index (χ2n) is 4.64. The van der Waals surface area contributed by atoms with Gasteiger partial charge in [-0.2, -0.15) is 0 Å². The maximum absolute atomic E-state index is 6.15. The van der Waals surface area contributed by atoms with Crippen LogP contribution >= 0.6 is 34.2 Å². The molecule has 0 amide bonds. The van der Waals surface area contributed by atoms with Crippen LogP contribution in [0.15, 0.2) is 0 Å². The highest BCUT2D eigenvalue weighted by atomic mass is 127. The van der Waals surface area contributed by atoms with Crippen molar-refractivity contribution >= 4 is 34.2 Å². The highest BCUT2D eigenvalue weighted by Crippen LogP contribution is 2.30. The third-order valence-corrected chi connectivity index (χ3v) is 5.21. The Balaban J connectivity index is 2.48. The second-order valence-corrected chi connectivity index (χ2v) is 5.67. The van der Waals surface area contributed by atoms with Crippen LogP contribution in [0.5, 0.6) is 0 Å². The lowest BCUT2D eigenvalue weighted by Crippen LogP contribution is -2.40. The Bertz CT molecular complexity index is 171. The first-order valence-electron chi connectivity index (χ1n) is 5.41. The third kappa shape index (κ3) is 3.53. The van der Waals surface area contributed by atoms with Crippen molar-refractivity contribution in [3.05, 3.63) is 0 Å². The monoisotopic (exact) mass is 330 g/mol. The molecule has 0 spiro atoms. The van der Waals surface area contributed by atoms with Gasteiger partial charge in [0.05, 0.1) is 17.6 Å². The van der Waals surface area contributed by atoms with E-state index in [0.717, 1.165) is 4.43 Å². The summed E-state index contributed by atoms with van der Waals surface area (Å²) in [5, 5.41) is 0. The average molecular weight is 331 g/mol. The van der Waals surface area contributed by atoms with E-state index >= 15 is 0 Å². The molecule has 0 aliphatic heterocycles. The van der Waals surface area contributed by atoms with Gasteiger partial charge >= 0.3 is 0 Å². The summed E-state index contributed by atoms with van der Waals surface area (Å²) in [6.07, 6.45) is 5.63. The van der Waals surface area contributed by atoms with Gasteiger partial charge in [0.25, 0.3) is 0 Å². The zero-order chi connectivity index (χ0) is 10.6. The smallest absolute Gasteiger partial charge is 0.0881 e. The fraction of sp³-hybridized carbons (Fsp3) is 1.00. The van der Waals surface area contributed by atoms with E-state index in [2.05, 4.69) is 36.4 Å². The molecule has 3 unspecified atom stereocenters. The van der Waals surface area contributed by atoms with E-state index in [4.69, 9.17) is 16.3 Å². The van der Waals surface area contributed by atoms with Crippen LogP contribution in [0.25, 0.3) is 0 Å².